The highest BCUT2D eigenvalue weighted by molar-refractivity contribution is 7.90. The highest BCUT2D eigenvalue weighted by atomic mass is 35.5. The summed E-state index contributed by atoms with van der Waals surface area (Å²) in [7, 11) is -3.30. The molecule has 3 aromatic rings. The van der Waals surface area contributed by atoms with Crippen molar-refractivity contribution >= 4 is 33.8 Å². The van der Waals surface area contributed by atoms with Crippen LogP contribution in [0.5, 0.6) is 0 Å². The molecule has 1 aliphatic carbocycles. The van der Waals surface area contributed by atoms with Gasteiger partial charge in [0.05, 0.1) is 16.3 Å². The zero-order valence-electron chi connectivity index (χ0n) is 15.0. The number of rotatable bonds is 3. The maximum absolute atomic E-state index is 11.9. The van der Waals surface area contributed by atoms with E-state index in [1.54, 1.807) is 16.8 Å². The number of benzene rings is 2. The second-order valence-corrected chi connectivity index (χ2v) is 8.65. The third-order valence-electron chi connectivity index (χ3n) is 4.76. The molecule has 0 atom stereocenters. The fourth-order valence-electron chi connectivity index (χ4n) is 3.48. The quantitative estimate of drug-likeness (QED) is 0.631. The summed E-state index contributed by atoms with van der Waals surface area (Å²) in [4.78, 5) is 12.1. The first-order valence-electron chi connectivity index (χ1n) is 8.36. The van der Waals surface area contributed by atoms with E-state index in [9.17, 15) is 13.2 Å². The van der Waals surface area contributed by atoms with Crippen LogP contribution in [0, 0.1) is 0 Å². The molecule has 1 heterocycles. The second-order valence-electron chi connectivity index (χ2n) is 6.63. The number of hydrogen-bond donors (Lipinski definition) is 2. The van der Waals surface area contributed by atoms with Gasteiger partial charge in [-0.1, -0.05) is 6.07 Å². The number of aromatic nitrogens is 2. The number of carbonyl (C=O) groups excluding carboxylic acids is 1. The fourth-order valence-corrected chi connectivity index (χ4v) is 4.11. The van der Waals surface area contributed by atoms with Gasteiger partial charge in [0.15, 0.2) is 15.5 Å². The largest absolute Gasteiger partial charge is 0.399 e. The molecule has 1 amide bonds. The normalized spacial score (nSPS) is 12.6. The molecule has 1 aromatic heterocycles. The molecule has 0 aliphatic heterocycles. The Kier molecular flexibility index (Phi) is 4.95. The van der Waals surface area contributed by atoms with Crippen molar-refractivity contribution < 1.29 is 13.2 Å². The molecule has 9 heteroatoms. The first-order chi connectivity index (χ1) is 12.8. The summed E-state index contributed by atoms with van der Waals surface area (Å²) in [6.45, 7) is 0. The Morgan fingerprint density at radius 2 is 1.79 bits per heavy atom. The lowest BCUT2D eigenvalue weighted by Crippen LogP contribution is -2.15. The van der Waals surface area contributed by atoms with Crippen LogP contribution in [0.15, 0.2) is 47.4 Å². The van der Waals surface area contributed by atoms with E-state index in [1.165, 1.54) is 12.1 Å². The summed E-state index contributed by atoms with van der Waals surface area (Å²) < 4.78 is 25.1. The lowest BCUT2D eigenvalue weighted by molar-refractivity contribution is 0.0994. The van der Waals surface area contributed by atoms with E-state index in [2.05, 4.69) is 5.10 Å². The topological polar surface area (TPSA) is 121 Å². The van der Waals surface area contributed by atoms with Crippen molar-refractivity contribution in [2.45, 2.75) is 17.7 Å². The Morgan fingerprint density at radius 3 is 2.39 bits per heavy atom. The van der Waals surface area contributed by atoms with Crippen molar-refractivity contribution in [3.8, 4) is 16.9 Å². The number of halogens is 1. The second kappa shape index (κ2) is 6.96. The summed E-state index contributed by atoms with van der Waals surface area (Å²) in [5.74, 6) is -0.592. The van der Waals surface area contributed by atoms with Crippen LogP contribution < -0.4 is 11.5 Å². The Hall–Kier alpha value is -2.84. The van der Waals surface area contributed by atoms with Crippen molar-refractivity contribution in [2.75, 3.05) is 12.0 Å². The van der Waals surface area contributed by atoms with E-state index in [0.717, 1.165) is 35.1 Å². The lowest BCUT2D eigenvalue weighted by Gasteiger charge is -2.19. The van der Waals surface area contributed by atoms with Crippen molar-refractivity contribution in [3.05, 3.63) is 59.3 Å². The van der Waals surface area contributed by atoms with E-state index < -0.39 is 15.7 Å². The summed E-state index contributed by atoms with van der Waals surface area (Å²) in [5.41, 5.74) is 16.6. The van der Waals surface area contributed by atoms with Gasteiger partial charge < -0.3 is 11.5 Å². The number of nitrogen functional groups attached to an aromatic ring is 1. The van der Waals surface area contributed by atoms with Crippen LogP contribution in [-0.2, 0) is 22.7 Å². The van der Waals surface area contributed by atoms with Crippen LogP contribution in [-0.4, -0.2) is 30.4 Å². The minimum atomic E-state index is -3.30. The van der Waals surface area contributed by atoms with E-state index in [4.69, 9.17) is 11.5 Å². The molecule has 0 radical (unpaired) electrons. The average Bonchev–Trinajstić information content (AvgIpc) is 3.01. The van der Waals surface area contributed by atoms with Crippen molar-refractivity contribution in [1.29, 1.82) is 0 Å². The van der Waals surface area contributed by atoms with Crippen molar-refractivity contribution in [1.82, 2.24) is 9.78 Å². The Morgan fingerprint density at radius 1 is 1.11 bits per heavy atom. The van der Waals surface area contributed by atoms with Gasteiger partial charge in [0.1, 0.15) is 0 Å². The number of sulfone groups is 1. The van der Waals surface area contributed by atoms with Crippen LogP contribution in [0.25, 0.3) is 16.9 Å². The highest BCUT2D eigenvalue weighted by Gasteiger charge is 2.28. The molecule has 4 rings (SSSR count). The molecule has 0 saturated carbocycles. The smallest absolute Gasteiger partial charge is 0.269 e. The van der Waals surface area contributed by atoms with E-state index in [0.29, 0.717) is 17.8 Å². The van der Waals surface area contributed by atoms with Gasteiger partial charge in [0.2, 0.25) is 0 Å². The molecule has 0 saturated heterocycles. The van der Waals surface area contributed by atoms with E-state index in [-0.39, 0.29) is 23.0 Å². The number of anilines is 1. The van der Waals surface area contributed by atoms with Crippen LogP contribution >= 0.6 is 12.4 Å². The Bertz CT molecular complexity index is 1180. The maximum atomic E-state index is 11.9. The molecule has 4 N–H and O–H groups in total. The Labute approximate surface area is 168 Å². The van der Waals surface area contributed by atoms with E-state index >= 15 is 0 Å². The molecule has 1 aliphatic rings. The molecule has 0 unspecified atom stereocenters. The van der Waals surface area contributed by atoms with Gasteiger partial charge in [-0.15, -0.1) is 12.4 Å². The molecule has 7 nitrogen and oxygen atoms in total. The van der Waals surface area contributed by atoms with Gasteiger partial charge in [-0.3, -0.25) is 4.79 Å². The van der Waals surface area contributed by atoms with Gasteiger partial charge in [0.25, 0.3) is 5.91 Å². The summed E-state index contributed by atoms with van der Waals surface area (Å²) in [6.07, 6.45) is 2.57. The number of amides is 1. The number of nitrogens with two attached hydrogens (primary N) is 2. The van der Waals surface area contributed by atoms with Crippen molar-refractivity contribution in [2.24, 2.45) is 5.73 Å². The molecule has 0 spiro atoms. The third-order valence-corrected chi connectivity index (χ3v) is 5.89. The first-order valence-corrected chi connectivity index (χ1v) is 10.3. The number of nitrogens with zero attached hydrogens (tertiary/aromatic N) is 2. The Balaban J connectivity index is 0.00000225. The molecular formula is C19H19ClN4O3S. The SMILES string of the molecule is CS(=O)(=O)c1ccc(-n2nc(C(N)=O)c3c2-c2cc(N)ccc2CC3)cc1.Cl. The number of aryl methyl sites for hydroxylation is 1. The van der Waals surface area contributed by atoms with Crippen molar-refractivity contribution in [3.63, 3.8) is 0 Å². The number of primary amides is 1. The number of carbonyl (C=O) groups is 1. The fraction of sp³-hybridized carbons (Fsp3) is 0.158. The first kappa shape index (κ1) is 19.9. The third kappa shape index (κ3) is 3.25. The number of hydrogen-bond acceptors (Lipinski definition) is 5. The molecule has 28 heavy (non-hydrogen) atoms. The predicted octanol–water partition coefficient (Wildman–Crippen LogP) is 2.14. The van der Waals surface area contributed by atoms with Crippen LogP contribution in [0.4, 0.5) is 5.69 Å². The summed E-state index contributed by atoms with van der Waals surface area (Å²) in [6, 6.07) is 12.0. The maximum Gasteiger partial charge on any atom is 0.269 e. The molecule has 2 aromatic carbocycles. The number of fused-ring (bicyclic) bond motifs is 3. The minimum absolute atomic E-state index is 0. The molecular weight excluding hydrogens is 400 g/mol. The van der Waals surface area contributed by atoms with E-state index in [1.807, 2.05) is 18.2 Å². The zero-order chi connectivity index (χ0) is 19.3. The van der Waals surface area contributed by atoms with Gasteiger partial charge in [-0.2, -0.15) is 5.10 Å². The van der Waals surface area contributed by atoms with Gasteiger partial charge in [0, 0.05) is 23.1 Å². The van der Waals surface area contributed by atoms with Gasteiger partial charge >= 0.3 is 0 Å². The molecule has 0 fully saturated rings. The highest BCUT2D eigenvalue weighted by Crippen LogP contribution is 2.38. The summed E-state index contributed by atoms with van der Waals surface area (Å²) >= 11 is 0. The average molecular weight is 419 g/mol. The molecule has 0 bridgehead atoms. The standard InChI is InChI=1S/C19H18N4O3S.ClH/c1-27(25,26)14-7-5-13(6-8-14)23-18-15(17(22-23)19(21)24)9-3-11-2-4-12(20)10-16(11)18;/h2,4-8,10H,3,9,20H2,1H3,(H2,21,24);1H. The van der Waals surface area contributed by atoms with Crippen LogP contribution in [0.1, 0.15) is 21.6 Å². The summed E-state index contributed by atoms with van der Waals surface area (Å²) in [5, 5.41) is 4.43. The monoisotopic (exact) mass is 418 g/mol. The zero-order valence-corrected chi connectivity index (χ0v) is 16.7. The lowest BCUT2D eigenvalue weighted by atomic mass is 9.88. The predicted molar refractivity (Wildman–Crippen MR) is 110 cm³/mol. The van der Waals surface area contributed by atoms with Gasteiger partial charge in [-0.05, 0) is 54.8 Å². The van der Waals surface area contributed by atoms with Crippen LogP contribution in [0.3, 0.4) is 0 Å². The minimum Gasteiger partial charge on any atom is -0.399 e. The molecule has 146 valence electrons. The van der Waals surface area contributed by atoms with Gasteiger partial charge in [-0.25, -0.2) is 13.1 Å². The van der Waals surface area contributed by atoms with Crippen LogP contribution in [0.2, 0.25) is 0 Å².